The van der Waals surface area contributed by atoms with Crippen LogP contribution in [0.5, 0.6) is 11.5 Å². The zero-order valence-corrected chi connectivity index (χ0v) is 11.0. The second kappa shape index (κ2) is 8.33. The first-order valence-corrected chi connectivity index (χ1v) is 5.89. The summed E-state index contributed by atoms with van der Waals surface area (Å²) >= 11 is 0. The van der Waals surface area contributed by atoms with Gasteiger partial charge in [-0.25, -0.2) is 4.79 Å². The summed E-state index contributed by atoms with van der Waals surface area (Å²) < 4.78 is 9.89. The van der Waals surface area contributed by atoms with Crippen LogP contribution in [0.15, 0.2) is 18.2 Å². The molecule has 112 valence electrons. The van der Waals surface area contributed by atoms with Crippen molar-refractivity contribution in [1.82, 2.24) is 5.39 Å². The second-order valence-corrected chi connectivity index (χ2v) is 3.82. The third kappa shape index (κ3) is 5.41. The molecule has 0 aliphatic rings. The molecule has 0 fully saturated rings. The van der Waals surface area contributed by atoms with Gasteiger partial charge in [-0.05, 0) is 31.0 Å². The monoisotopic (exact) mass is 287 g/mol. The molecule has 0 aliphatic carbocycles. The number of unbranched alkanes of at least 4 members (excludes halogenated alkanes) is 1. The summed E-state index contributed by atoms with van der Waals surface area (Å²) in [7, 11) is 1.38. The molecule has 0 bridgehead atoms. The van der Waals surface area contributed by atoms with Crippen molar-refractivity contribution in [3.8, 4) is 11.5 Å². The van der Waals surface area contributed by atoms with Gasteiger partial charge in [0.15, 0.2) is 11.5 Å². The third-order valence-corrected chi connectivity index (χ3v) is 2.39. The quantitative estimate of drug-likeness (QED) is 0.373. The summed E-state index contributed by atoms with van der Waals surface area (Å²) in [6.07, 6.45) is 0.999. The van der Waals surface area contributed by atoms with Crippen molar-refractivity contribution < 1.29 is 34.6 Å². The first-order valence-electron chi connectivity index (χ1n) is 5.89. The summed E-state index contributed by atoms with van der Waals surface area (Å²) in [6, 6.07) is 4.16. The topological polar surface area (TPSA) is 109 Å². The van der Waals surface area contributed by atoms with Gasteiger partial charge >= 0.3 is 5.97 Å². The summed E-state index contributed by atoms with van der Waals surface area (Å²) in [5, 5.41) is 25.6. The van der Waals surface area contributed by atoms with Gasteiger partial charge in [-0.1, -0.05) is 0 Å². The van der Waals surface area contributed by atoms with Crippen molar-refractivity contribution >= 4 is 5.97 Å². The number of esters is 1. The number of ether oxygens (including phenoxy) is 2. The van der Waals surface area contributed by atoms with Gasteiger partial charge in [0.05, 0.1) is 31.3 Å². The van der Waals surface area contributed by atoms with E-state index in [0.29, 0.717) is 12.8 Å². The fraction of sp³-hybridized carbons (Fsp3) is 0.417. The molecule has 3 N–H and O–H groups in total. The molecule has 0 aromatic heterocycles. The highest BCUT2D eigenvalue weighted by Crippen LogP contribution is 2.26. The van der Waals surface area contributed by atoms with Crippen molar-refractivity contribution in [2.75, 3.05) is 20.3 Å². The molecule has 1 aromatic rings. The molecule has 0 saturated carbocycles. The number of phenols is 1. The Bertz CT molecular complexity index is 436. The van der Waals surface area contributed by atoms with Gasteiger partial charge in [-0.2, -0.15) is 0 Å². The molecule has 0 amide bonds. The molecule has 1 aromatic carbocycles. The van der Waals surface area contributed by atoms with Crippen LogP contribution in [0.3, 0.4) is 0 Å². The van der Waals surface area contributed by atoms with E-state index in [1.807, 2.05) is 0 Å². The first-order chi connectivity index (χ1) is 9.54. The number of hydrogen-bond acceptors (Lipinski definition) is 8. The molecule has 8 heteroatoms. The normalized spacial score (nSPS) is 10.6. The second-order valence-electron chi connectivity index (χ2n) is 3.82. The predicted octanol–water partition coefficient (Wildman–Crippen LogP) is 1.35. The lowest BCUT2D eigenvalue weighted by Crippen LogP contribution is -2.15. The van der Waals surface area contributed by atoms with Crippen LogP contribution in [-0.4, -0.2) is 47.2 Å². The number of carbonyl (C=O) groups is 1. The maximum Gasteiger partial charge on any atom is 0.338 e. The van der Waals surface area contributed by atoms with Crippen LogP contribution in [0.25, 0.3) is 0 Å². The lowest BCUT2D eigenvalue weighted by molar-refractivity contribution is -0.492. The van der Waals surface area contributed by atoms with Crippen molar-refractivity contribution in [3.63, 3.8) is 0 Å². The van der Waals surface area contributed by atoms with E-state index in [0.717, 1.165) is 0 Å². The Hall–Kier alpha value is -1.87. The predicted molar refractivity (Wildman–Crippen MR) is 65.5 cm³/mol. The molecular weight excluding hydrogens is 270 g/mol. The summed E-state index contributed by atoms with van der Waals surface area (Å²) in [5.41, 5.74) is 0.271. The zero-order chi connectivity index (χ0) is 15.0. The third-order valence-electron chi connectivity index (χ3n) is 2.39. The van der Waals surface area contributed by atoms with Crippen molar-refractivity contribution in [2.45, 2.75) is 12.8 Å². The molecule has 1 rings (SSSR count). The lowest BCUT2D eigenvalue weighted by atomic mass is 10.2. The number of carbonyl (C=O) groups excluding carboxylic acids is 1. The number of benzene rings is 1. The van der Waals surface area contributed by atoms with Crippen LogP contribution in [0.2, 0.25) is 0 Å². The number of hydrogen-bond donors (Lipinski definition) is 3. The Balaban J connectivity index is 2.32. The van der Waals surface area contributed by atoms with Crippen LogP contribution in [-0.2, 0) is 9.57 Å². The summed E-state index contributed by atoms with van der Waals surface area (Å²) in [5.74, 6) is -0.396. The van der Waals surface area contributed by atoms with E-state index in [4.69, 9.17) is 19.9 Å². The average Bonchev–Trinajstić information content (AvgIpc) is 2.42. The molecule has 20 heavy (non-hydrogen) atoms. The molecule has 0 radical (unpaired) electrons. The van der Waals surface area contributed by atoms with Gasteiger partial charge in [-0.15, -0.1) is 0 Å². The Morgan fingerprint density at radius 2 is 1.95 bits per heavy atom. The first kappa shape index (κ1) is 16.2. The van der Waals surface area contributed by atoms with Crippen LogP contribution in [0.1, 0.15) is 23.2 Å². The van der Waals surface area contributed by atoms with Gasteiger partial charge in [0.2, 0.25) is 0 Å². The van der Waals surface area contributed by atoms with Gasteiger partial charge in [0, 0.05) is 0 Å². The molecular formula is C12H17NO7. The minimum atomic E-state index is -0.532. The Morgan fingerprint density at radius 1 is 1.25 bits per heavy atom. The standard InChI is InChI=1S/C12H17NO7/c1-18-11-8-9(4-5-10(11)14)12(15)19-6-2-3-7-20-13(16)17/h4-5,8,14,16-17H,2-3,6-7H2,1H3. The van der Waals surface area contributed by atoms with Gasteiger partial charge in [-0.3, -0.25) is 15.3 Å². The number of phenolic OH excluding ortho intramolecular Hbond substituents is 1. The van der Waals surface area contributed by atoms with E-state index in [-0.39, 0.29) is 35.7 Å². The number of nitrogens with zero attached hydrogens (tertiary/aromatic N) is 1. The lowest BCUT2D eigenvalue weighted by Gasteiger charge is -2.08. The summed E-state index contributed by atoms with van der Waals surface area (Å²) in [4.78, 5) is 16.0. The van der Waals surface area contributed by atoms with Crippen molar-refractivity contribution in [3.05, 3.63) is 23.8 Å². The fourth-order valence-corrected chi connectivity index (χ4v) is 1.40. The highest BCUT2D eigenvalue weighted by atomic mass is 17.1. The Morgan fingerprint density at radius 3 is 2.60 bits per heavy atom. The molecule has 0 heterocycles. The van der Waals surface area contributed by atoms with Gasteiger partial charge < -0.3 is 14.6 Å². The molecule has 8 nitrogen and oxygen atoms in total. The maximum atomic E-state index is 11.7. The Labute approximate surface area is 115 Å². The van der Waals surface area contributed by atoms with Crippen molar-refractivity contribution in [2.24, 2.45) is 0 Å². The van der Waals surface area contributed by atoms with Crippen molar-refractivity contribution in [1.29, 1.82) is 0 Å². The smallest absolute Gasteiger partial charge is 0.338 e. The van der Waals surface area contributed by atoms with Gasteiger partial charge in [0.25, 0.3) is 0 Å². The largest absolute Gasteiger partial charge is 0.504 e. The number of aromatic hydroxyl groups is 1. The van der Waals surface area contributed by atoms with E-state index in [1.54, 1.807) is 0 Å². The minimum absolute atomic E-state index is 0.0567. The van der Waals surface area contributed by atoms with Gasteiger partial charge in [0.1, 0.15) is 0 Å². The molecule has 0 spiro atoms. The SMILES string of the molecule is COc1cc(C(=O)OCCCCON(O)O)ccc1O. The van der Waals surface area contributed by atoms with E-state index in [9.17, 15) is 9.90 Å². The highest BCUT2D eigenvalue weighted by molar-refractivity contribution is 5.90. The van der Waals surface area contributed by atoms with Crippen LogP contribution < -0.4 is 4.74 Å². The molecule has 0 saturated heterocycles. The number of methoxy groups -OCH3 is 1. The van der Waals surface area contributed by atoms with E-state index >= 15 is 0 Å². The highest BCUT2D eigenvalue weighted by Gasteiger charge is 2.10. The minimum Gasteiger partial charge on any atom is -0.504 e. The van der Waals surface area contributed by atoms with Crippen LogP contribution in [0, 0.1) is 0 Å². The zero-order valence-electron chi connectivity index (χ0n) is 11.0. The summed E-state index contributed by atoms with van der Waals surface area (Å²) in [6.45, 7) is 0.264. The maximum absolute atomic E-state index is 11.7. The van der Waals surface area contributed by atoms with E-state index in [2.05, 4.69) is 4.84 Å². The Kier molecular flexibility index (Phi) is 6.74. The molecule has 0 aliphatic heterocycles. The number of rotatable bonds is 8. The van der Waals surface area contributed by atoms with E-state index < -0.39 is 5.97 Å². The van der Waals surface area contributed by atoms with E-state index in [1.165, 1.54) is 25.3 Å². The molecule has 0 atom stereocenters. The van der Waals surface area contributed by atoms with Crippen LogP contribution in [0.4, 0.5) is 0 Å². The average molecular weight is 287 g/mol. The molecule has 0 unspecified atom stereocenters. The van der Waals surface area contributed by atoms with Crippen LogP contribution >= 0.6 is 0 Å². The fourth-order valence-electron chi connectivity index (χ4n) is 1.40.